The lowest BCUT2D eigenvalue weighted by Crippen LogP contribution is -2.40. The Morgan fingerprint density at radius 1 is 1.26 bits per heavy atom. The third-order valence-corrected chi connectivity index (χ3v) is 4.36. The summed E-state index contributed by atoms with van der Waals surface area (Å²) in [5.41, 5.74) is 0.0997. The molecule has 0 saturated heterocycles. The zero-order chi connectivity index (χ0) is 14.5. The van der Waals surface area contributed by atoms with Crippen LogP contribution in [0.1, 0.15) is 59.3 Å². The molecule has 4 heteroatoms. The van der Waals surface area contributed by atoms with Gasteiger partial charge in [-0.3, -0.25) is 9.59 Å². The van der Waals surface area contributed by atoms with Crippen molar-refractivity contribution >= 4 is 11.9 Å². The summed E-state index contributed by atoms with van der Waals surface area (Å²) >= 11 is 0. The van der Waals surface area contributed by atoms with E-state index in [0.29, 0.717) is 12.5 Å². The standard InChI is InChI=1S/C15H27NO3/c1-11(14(18)19)9-13(17)16-10-15(2,3)12-7-5-4-6-8-12/h11-12H,4-10H2,1-3H3,(H,16,17)(H,18,19). The highest BCUT2D eigenvalue weighted by Gasteiger charge is 2.31. The summed E-state index contributed by atoms with van der Waals surface area (Å²) in [6.45, 7) is 6.60. The minimum Gasteiger partial charge on any atom is -0.481 e. The molecule has 1 rings (SSSR count). The van der Waals surface area contributed by atoms with Gasteiger partial charge in [0.1, 0.15) is 0 Å². The van der Waals surface area contributed by atoms with Crippen LogP contribution in [0, 0.1) is 17.3 Å². The van der Waals surface area contributed by atoms with Gasteiger partial charge in [-0.1, -0.05) is 40.0 Å². The van der Waals surface area contributed by atoms with E-state index in [9.17, 15) is 9.59 Å². The minimum atomic E-state index is -0.915. The molecule has 2 N–H and O–H groups in total. The van der Waals surface area contributed by atoms with E-state index in [4.69, 9.17) is 5.11 Å². The third-order valence-electron chi connectivity index (χ3n) is 4.36. The number of hydrogen-bond acceptors (Lipinski definition) is 2. The lowest BCUT2D eigenvalue weighted by atomic mass is 9.71. The Morgan fingerprint density at radius 2 is 1.84 bits per heavy atom. The highest BCUT2D eigenvalue weighted by atomic mass is 16.4. The van der Waals surface area contributed by atoms with E-state index in [2.05, 4.69) is 19.2 Å². The van der Waals surface area contributed by atoms with E-state index in [0.717, 1.165) is 0 Å². The van der Waals surface area contributed by atoms with Crippen LogP contribution in [0.2, 0.25) is 0 Å². The molecule has 1 atom stereocenters. The molecular weight excluding hydrogens is 242 g/mol. The highest BCUT2D eigenvalue weighted by Crippen LogP contribution is 2.37. The van der Waals surface area contributed by atoms with Gasteiger partial charge in [-0.25, -0.2) is 0 Å². The van der Waals surface area contributed by atoms with Gasteiger partial charge in [-0.2, -0.15) is 0 Å². The molecule has 4 nitrogen and oxygen atoms in total. The average molecular weight is 269 g/mol. The molecule has 1 fully saturated rings. The highest BCUT2D eigenvalue weighted by molar-refractivity contribution is 5.81. The first-order chi connectivity index (χ1) is 8.83. The second-order valence-electron chi connectivity index (χ2n) is 6.54. The van der Waals surface area contributed by atoms with Gasteiger partial charge in [0, 0.05) is 13.0 Å². The quantitative estimate of drug-likeness (QED) is 0.779. The van der Waals surface area contributed by atoms with Gasteiger partial charge >= 0.3 is 5.97 Å². The Kier molecular flexibility index (Phi) is 5.83. The van der Waals surface area contributed by atoms with Crippen LogP contribution in [0.4, 0.5) is 0 Å². The Balaban J connectivity index is 2.37. The van der Waals surface area contributed by atoms with Crippen LogP contribution in [-0.2, 0) is 9.59 Å². The fourth-order valence-corrected chi connectivity index (χ4v) is 2.79. The summed E-state index contributed by atoms with van der Waals surface area (Å²) in [7, 11) is 0. The number of carboxylic acids is 1. The monoisotopic (exact) mass is 269 g/mol. The number of carbonyl (C=O) groups excluding carboxylic acids is 1. The van der Waals surface area contributed by atoms with Gasteiger partial charge in [0.25, 0.3) is 0 Å². The van der Waals surface area contributed by atoms with Crippen molar-refractivity contribution in [3.05, 3.63) is 0 Å². The summed E-state index contributed by atoms with van der Waals surface area (Å²) in [6, 6.07) is 0. The van der Waals surface area contributed by atoms with E-state index < -0.39 is 11.9 Å². The number of nitrogens with one attached hydrogen (secondary N) is 1. The summed E-state index contributed by atoms with van der Waals surface area (Å²) in [4.78, 5) is 22.4. The van der Waals surface area contributed by atoms with Gasteiger partial charge in [-0.15, -0.1) is 0 Å². The van der Waals surface area contributed by atoms with E-state index in [-0.39, 0.29) is 17.7 Å². The number of carbonyl (C=O) groups is 2. The molecule has 0 bridgehead atoms. The Morgan fingerprint density at radius 3 is 2.37 bits per heavy atom. The van der Waals surface area contributed by atoms with E-state index in [1.54, 1.807) is 6.92 Å². The van der Waals surface area contributed by atoms with Crippen LogP contribution in [0.3, 0.4) is 0 Å². The second kappa shape index (κ2) is 6.92. The summed E-state index contributed by atoms with van der Waals surface area (Å²) < 4.78 is 0. The molecule has 0 spiro atoms. The second-order valence-corrected chi connectivity index (χ2v) is 6.54. The fourth-order valence-electron chi connectivity index (χ4n) is 2.79. The Bertz CT molecular complexity index is 319. The summed E-state index contributed by atoms with van der Waals surface area (Å²) in [6.07, 6.45) is 6.46. The molecule has 19 heavy (non-hydrogen) atoms. The number of aliphatic carboxylic acids is 1. The first-order valence-electron chi connectivity index (χ1n) is 7.32. The maximum Gasteiger partial charge on any atom is 0.306 e. The molecule has 0 aromatic carbocycles. The zero-order valence-corrected chi connectivity index (χ0v) is 12.4. The van der Waals surface area contributed by atoms with Crippen LogP contribution >= 0.6 is 0 Å². The van der Waals surface area contributed by atoms with Gasteiger partial charge < -0.3 is 10.4 Å². The van der Waals surface area contributed by atoms with Crippen molar-refractivity contribution in [2.75, 3.05) is 6.54 Å². The molecule has 0 aliphatic heterocycles. The molecule has 1 aliphatic carbocycles. The van der Waals surface area contributed by atoms with Crippen molar-refractivity contribution in [1.29, 1.82) is 0 Å². The first kappa shape index (κ1) is 16.0. The molecule has 110 valence electrons. The van der Waals surface area contributed by atoms with Gasteiger partial charge in [0.15, 0.2) is 0 Å². The Labute approximate surface area is 116 Å². The lowest BCUT2D eigenvalue weighted by molar-refractivity contribution is -0.143. The van der Waals surface area contributed by atoms with Crippen molar-refractivity contribution in [2.24, 2.45) is 17.3 Å². The average Bonchev–Trinajstić information content (AvgIpc) is 2.37. The molecule has 1 aliphatic rings. The molecular formula is C15H27NO3. The summed E-state index contributed by atoms with van der Waals surface area (Å²) in [5.74, 6) is -1.02. The van der Waals surface area contributed by atoms with E-state index in [1.165, 1.54) is 32.1 Å². The number of carboxylic acid groups (broad SMARTS) is 1. The molecule has 0 heterocycles. The first-order valence-corrected chi connectivity index (χ1v) is 7.32. The van der Waals surface area contributed by atoms with Gasteiger partial charge in [0.2, 0.25) is 5.91 Å². The van der Waals surface area contributed by atoms with Crippen LogP contribution in [0.5, 0.6) is 0 Å². The van der Waals surface area contributed by atoms with Crippen LogP contribution in [-0.4, -0.2) is 23.5 Å². The molecule has 1 saturated carbocycles. The predicted molar refractivity (Wildman–Crippen MR) is 74.8 cm³/mol. The predicted octanol–water partition coefficient (Wildman–Crippen LogP) is 2.82. The SMILES string of the molecule is CC(CC(=O)NCC(C)(C)C1CCCCC1)C(=O)O. The normalized spacial score (nSPS) is 18.9. The van der Waals surface area contributed by atoms with Crippen LogP contribution in [0.25, 0.3) is 0 Å². The van der Waals surface area contributed by atoms with E-state index >= 15 is 0 Å². The maximum atomic E-state index is 11.7. The molecule has 1 amide bonds. The minimum absolute atomic E-state index is 0.0656. The molecule has 0 aromatic heterocycles. The molecule has 1 unspecified atom stereocenters. The lowest BCUT2D eigenvalue weighted by Gasteiger charge is -2.37. The van der Waals surface area contributed by atoms with Crippen molar-refractivity contribution in [3.8, 4) is 0 Å². The van der Waals surface area contributed by atoms with Gasteiger partial charge in [0.05, 0.1) is 5.92 Å². The largest absolute Gasteiger partial charge is 0.481 e. The van der Waals surface area contributed by atoms with E-state index in [1.807, 2.05) is 0 Å². The van der Waals surface area contributed by atoms with Crippen LogP contribution < -0.4 is 5.32 Å². The topological polar surface area (TPSA) is 66.4 Å². The smallest absolute Gasteiger partial charge is 0.306 e. The molecule has 0 radical (unpaired) electrons. The van der Waals surface area contributed by atoms with Gasteiger partial charge in [-0.05, 0) is 24.2 Å². The maximum absolute atomic E-state index is 11.7. The fraction of sp³-hybridized carbons (Fsp3) is 0.867. The van der Waals surface area contributed by atoms with Crippen molar-refractivity contribution in [3.63, 3.8) is 0 Å². The number of amides is 1. The van der Waals surface area contributed by atoms with Crippen LogP contribution in [0.15, 0.2) is 0 Å². The zero-order valence-electron chi connectivity index (χ0n) is 12.4. The third kappa shape index (κ3) is 5.21. The Hall–Kier alpha value is -1.06. The van der Waals surface area contributed by atoms with Crippen molar-refractivity contribution < 1.29 is 14.7 Å². The number of hydrogen-bond donors (Lipinski definition) is 2. The number of rotatable bonds is 6. The van der Waals surface area contributed by atoms with Crippen molar-refractivity contribution in [2.45, 2.75) is 59.3 Å². The summed E-state index contributed by atoms with van der Waals surface area (Å²) in [5, 5.41) is 11.7. The molecule has 0 aromatic rings. The van der Waals surface area contributed by atoms with Crippen molar-refractivity contribution in [1.82, 2.24) is 5.32 Å².